The lowest BCUT2D eigenvalue weighted by molar-refractivity contribution is 0.0190. The van der Waals surface area contributed by atoms with Crippen molar-refractivity contribution < 1.29 is 17.6 Å². The SMILES string of the molecule is COC1CCN(C2CCN(S(=O)(=O)c3ccc4oc(=O)n(C)c4c3)CC2)CC1. The molecule has 4 rings (SSSR count). The minimum absolute atomic E-state index is 0.204. The van der Waals surface area contributed by atoms with E-state index in [1.54, 1.807) is 24.5 Å². The Morgan fingerprint density at radius 1 is 1.07 bits per heavy atom. The Morgan fingerprint density at radius 3 is 2.39 bits per heavy atom. The Labute approximate surface area is 164 Å². The van der Waals surface area contributed by atoms with Crippen LogP contribution in [0.1, 0.15) is 25.7 Å². The summed E-state index contributed by atoms with van der Waals surface area (Å²) in [6.45, 7) is 3.06. The molecule has 0 spiro atoms. The van der Waals surface area contributed by atoms with Gasteiger partial charge in [-0.3, -0.25) is 4.57 Å². The number of benzene rings is 1. The number of sulfonamides is 1. The molecule has 2 fully saturated rings. The number of methoxy groups -OCH3 is 1. The molecule has 0 saturated carbocycles. The van der Waals surface area contributed by atoms with E-state index >= 15 is 0 Å². The topological polar surface area (TPSA) is 85.0 Å². The molecule has 0 unspecified atom stereocenters. The van der Waals surface area contributed by atoms with E-state index in [2.05, 4.69) is 4.90 Å². The van der Waals surface area contributed by atoms with Crippen LogP contribution in [-0.4, -0.2) is 67.6 Å². The lowest BCUT2D eigenvalue weighted by Gasteiger charge is -2.41. The highest BCUT2D eigenvalue weighted by molar-refractivity contribution is 7.89. The molecule has 2 aromatic rings. The van der Waals surface area contributed by atoms with Crippen molar-refractivity contribution in [2.24, 2.45) is 7.05 Å². The smallest absolute Gasteiger partial charge is 0.408 e. The van der Waals surface area contributed by atoms with Crippen LogP contribution in [0.25, 0.3) is 11.1 Å². The number of ether oxygens (including phenoxy) is 1. The summed E-state index contributed by atoms with van der Waals surface area (Å²) in [5.74, 6) is -0.498. The number of fused-ring (bicyclic) bond motifs is 1. The Bertz CT molecular complexity index is 996. The molecule has 2 aliphatic rings. The monoisotopic (exact) mass is 409 g/mol. The van der Waals surface area contributed by atoms with Crippen molar-refractivity contribution in [3.8, 4) is 0 Å². The van der Waals surface area contributed by atoms with Crippen LogP contribution in [0.15, 0.2) is 32.3 Å². The van der Waals surface area contributed by atoms with Crippen LogP contribution in [0.2, 0.25) is 0 Å². The minimum atomic E-state index is -3.59. The number of hydrogen-bond donors (Lipinski definition) is 0. The van der Waals surface area contributed by atoms with Gasteiger partial charge in [0, 0.05) is 46.4 Å². The largest absolute Gasteiger partial charge is 0.419 e. The fourth-order valence-corrected chi connectivity index (χ4v) is 5.83. The van der Waals surface area contributed by atoms with Crippen LogP contribution in [0.3, 0.4) is 0 Å². The number of nitrogens with zero attached hydrogens (tertiary/aromatic N) is 3. The number of piperidine rings is 2. The third kappa shape index (κ3) is 3.52. The van der Waals surface area contributed by atoms with Gasteiger partial charge >= 0.3 is 5.76 Å². The number of oxazole rings is 1. The summed E-state index contributed by atoms with van der Waals surface area (Å²) in [7, 11) is -0.252. The number of likely N-dealkylation sites (tertiary alicyclic amines) is 1. The Morgan fingerprint density at radius 2 is 1.75 bits per heavy atom. The first-order chi connectivity index (χ1) is 13.4. The molecule has 2 aliphatic heterocycles. The number of aryl methyl sites for hydroxylation is 1. The fraction of sp³-hybridized carbons (Fsp3) is 0.632. The maximum absolute atomic E-state index is 13.1. The van der Waals surface area contributed by atoms with Gasteiger partial charge in [0.2, 0.25) is 10.0 Å². The molecule has 0 bridgehead atoms. The second kappa shape index (κ2) is 7.62. The highest BCUT2D eigenvalue weighted by Crippen LogP contribution is 2.27. The Kier molecular flexibility index (Phi) is 5.34. The summed E-state index contributed by atoms with van der Waals surface area (Å²) in [6.07, 6.45) is 4.11. The summed E-state index contributed by atoms with van der Waals surface area (Å²) >= 11 is 0. The van der Waals surface area contributed by atoms with Crippen LogP contribution in [0, 0.1) is 0 Å². The molecule has 1 aromatic heterocycles. The van der Waals surface area contributed by atoms with Crippen molar-refractivity contribution >= 4 is 21.1 Å². The molecule has 0 atom stereocenters. The molecule has 8 nitrogen and oxygen atoms in total. The van der Waals surface area contributed by atoms with Gasteiger partial charge in [0.05, 0.1) is 16.5 Å². The van der Waals surface area contributed by atoms with E-state index in [0.717, 1.165) is 38.8 Å². The summed E-state index contributed by atoms with van der Waals surface area (Å²) < 4.78 is 39.6. The number of hydrogen-bond acceptors (Lipinski definition) is 6. The predicted octanol–water partition coefficient (Wildman–Crippen LogP) is 1.40. The van der Waals surface area contributed by atoms with E-state index in [1.165, 1.54) is 16.7 Å². The van der Waals surface area contributed by atoms with Gasteiger partial charge in [-0.2, -0.15) is 4.31 Å². The van der Waals surface area contributed by atoms with Gasteiger partial charge in [-0.15, -0.1) is 0 Å². The van der Waals surface area contributed by atoms with Crippen molar-refractivity contribution in [3.05, 3.63) is 28.7 Å². The van der Waals surface area contributed by atoms with Crippen molar-refractivity contribution in [2.45, 2.75) is 42.7 Å². The molecular weight excluding hydrogens is 382 g/mol. The molecule has 0 aliphatic carbocycles. The second-order valence-corrected chi connectivity index (χ2v) is 9.60. The zero-order valence-electron chi connectivity index (χ0n) is 16.3. The Hall–Kier alpha value is -1.68. The molecule has 28 heavy (non-hydrogen) atoms. The highest BCUT2D eigenvalue weighted by atomic mass is 32.2. The molecule has 2 saturated heterocycles. The van der Waals surface area contributed by atoms with Crippen molar-refractivity contribution in [2.75, 3.05) is 33.3 Å². The van der Waals surface area contributed by atoms with Crippen LogP contribution < -0.4 is 5.76 Å². The zero-order valence-corrected chi connectivity index (χ0v) is 17.2. The molecular formula is C19H27N3O5S. The quantitative estimate of drug-likeness (QED) is 0.759. The van der Waals surface area contributed by atoms with Crippen LogP contribution >= 0.6 is 0 Å². The fourth-order valence-electron chi connectivity index (χ4n) is 4.34. The normalized spacial score (nSPS) is 21.5. The van der Waals surface area contributed by atoms with Gasteiger partial charge in [-0.25, -0.2) is 13.2 Å². The second-order valence-electron chi connectivity index (χ2n) is 7.66. The molecule has 3 heterocycles. The van der Waals surface area contributed by atoms with E-state index < -0.39 is 15.8 Å². The lowest BCUT2D eigenvalue weighted by Crippen LogP contribution is -2.49. The van der Waals surface area contributed by atoms with E-state index in [0.29, 0.717) is 36.3 Å². The molecule has 154 valence electrons. The first-order valence-electron chi connectivity index (χ1n) is 9.76. The first-order valence-corrected chi connectivity index (χ1v) is 11.2. The summed E-state index contributed by atoms with van der Waals surface area (Å²) in [6, 6.07) is 5.02. The van der Waals surface area contributed by atoms with Gasteiger partial charge in [-0.05, 0) is 43.9 Å². The minimum Gasteiger partial charge on any atom is -0.408 e. The standard InChI is InChI=1S/C19H27N3O5S/c1-20-17-13-16(3-4-18(17)27-19(20)23)28(24,25)22-11-5-14(6-12-22)21-9-7-15(26-2)8-10-21/h3-4,13-15H,5-12H2,1-2H3. The summed E-state index contributed by atoms with van der Waals surface area (Å²) in [4.78, 5) is 14.3. The molecule has 0 radical (unpaired) electrons. The molecule has 0 amide bonds. The van der Waals surface area contributed by atoms with E-state index in [4.69, 9.17) is 9.15 Å². The maximum atomic E-state index is 13.1. The summed E-state index contributed by atoms with van der Waals surface area (Å²) in [5.41, 5.74) is 0.881. The van der Waals surface area contributed by atoms with E-state index in [9.17, 15) is 13.2 Å². The van der Waals surface area contributed by atoms with Crippen molar-refractivity contribution in [1.82, 2.24) is 13.8 Å². The van der Waals surface area contributed by atoms with Crippen LogP contribution in [0.5, 0.6) is 0 Å². The maximum Gasteiger partial charge on any atom is 0.419 e. The van der Waals surface area contributed by atoms with Gasteiger partial charge < -0.3 is 14.1 Å². The average Bonchev–Trinajstić information content (AvgIpc) is 3.01. The van der Waals surface area contributed by atoms with Gasteiger partial charge in [0.15, 0.2) is 5.58 Å². The predicted molar refractivity (Wildman–Crippen MR) is 105 cm³/mol. The highest BCUT2D eigenvalue weighted by Gasteiger charge is 2.33. The third-order valence-electron chi connectivity index (χ3n) is 6.15. The summed E-state index contributed by atoms with van der Waals surface area (Å²) in [5, 5.41) is 0. The number of aromatic nitrogens is 1. The van der Waals surface area contributed by atoms with Crippen molar-refractivity contribution in [3.63, 3.8) is 0 Å². The van der Waals surface area contributed by atoms with Crippen LogP contribution in [0.4, 0.5) is 0 Å². The number of rotatable bonds is 4. The third-order valence-corrected chi connectivity index (χ3v) is 8.05. The zero-order chi connectivity index (χ0) is 19.9. The lowest BCUT2D eigenvalue weighted by atomic mass is 10.00. The molecule has 0 N–H and O–H groups in total. The van der Waals surface area contributed by atoms with Crippen LogP contribution in [-0.2, 0) is 21.8 Å². The first kappa shape index (κ1) is 19.6. The van der Waals surface area contributed by atoms with Gasteiger partial charge in [0.1, 0.15) is 0 Å². The van der Waals surface area contributed by atoms with E-state index in [-0.39, 0.29) is 4.90 Å². The molecule has 1 aromatic carbocycles. The Balaban J connectivity index is 1.45. The molecule has 9 heteroatoms. The average molecular weight is 410 g/mol. The van der Waals surface area contributed by atoms with E-state index in [1.807, 2.05) is 0 Å². The van der Waals surface area contributed by atoms with Gasteiger partial charge in [0.25, 0.3) is 0 Å². The van der Waals surface area contributed by atoms with Gasteiger partial charge in [-0.1, -0.05) is 0 Å². The van der Waals surface area contributed by atoms with Crippen molar-refractivity contribution in [1.29, 1.82) is 0 Å².